The minimum atomic E-state index is -0.398. The van der Waals surface area contributed by atoms with E-state index >= 15 is 0 Å². The Kier molecular flexibility index (Phi) is 1.68. The lowest BCUT2D eigenvalue weighted by atomic mass is 10.2. The van der Waals surface area contributed by atoms with Gasteiger partial charge in [-0.05, 0) is 13.0 Å². The molecule has 0 radical (unpaired) electrons. The van der Waals surface area contributed by atoms with Crippen molar-refractivity contribution in [3.05, 3.63) is 29.3 Å². The van der Waals surface area contributed by atoms with Crippen LogP contribution in [-0.4, -0.2) is 4.98 Å². The normalized spacial score (nSPS) is 8.90. The summed E-state index contributed by atoms with van der Waals surface area (Å²) in [5.41, 5.74) is 0.614. The van der Waals surface area contributed by atoms with Gasteiger partial charge in [0.2, 0.25) is 0 Å². The van der Waals surface area contributed by atoms with Gasteiger partial charge in [0, 0.05) is 6.20 Å². The van der Waals surface area contributed by atoms with Gasteiger partial charge < -0.3 is 0 Å². The first-order valence-electron chi connectivity index (χ1n) is 2.83. The molecule has 0 spiro atoms. The minimum absolute atomic E-state index is 0.271. The van der Waals surface area contributed by atoms with Crippen molar-refractivity contribution in [2.45, 2.75) is 6.92 Å². The van der Waals surface area contributed by atoms with Gasteiger partial charge in [0.05, 0.1) is 11.3 Å². The maximum atomic E-state index is 12.8. The summed E-state index contributed by atoms with van der Waals surface area (Å²) in [6.45, 7) is 1.58. The van der Waals surface area contributed by atoms with Crippen LogP contribution in [0.2, 0.25) is 0 Å². The Morgan fingerprint density at radius 2 is 2.40 bits per heavy atom. The number of aryl methyl sites for hydroxylation is 1. The van der Waals surface area contributed by atoms with Gasteiger partial charge in [-0.3, -0.25) is 4.98 Å². The highest BCUT2D eigenvalue weighted by Gasteiger charge is 2.00. The fraction of sp³-hybridized carbons (Fsp3) is 0.125. The molecule has 0 bridgehead atoms. The van der Waals surface area contributed by atoms with Gasteiger partial charge in [0.15, 0.2) is 5.82 Å². The molecular formula is C8H6FN. The Morgan fingerprint density at radius 3 is 2.90 bits per heavy atom. The van der Waals surface area contributed by atoms with Crippen LogP contribution in [0.15, 0.2) is 12.3 Å². The highest BCUT2D eigenvalue weighted by atomic mass is 19.1. The highest BCUT2D eigenvalue weighted by Crippen LogP contribution is 2.06. The molecule has 0 saturated heterocycles. The number of nitrogens with zero attached hydrogens (tertiary/aromatic N) is 1. The fourth-order valence-corrected chi connectivity index (χ4v) is 0.660. The monoisotopic (exact) mass is 135 g/mol. The molecule has 1 aromatic heterocycles. The van der Waals surface area contributed by atoms with E-state index in [4.69, 9.17) is 6.42 Å². The van der Waals surface area contributed by atoms with Crippen LogP contribution in [0, 0.1) is 25.1 Å². The van der Waals surface area contributed by atoms with Crippen molar-refractivity contribution in [1.29, 1.82) is 0 Å². The SMILES string of the molecule is C#Cc1ccnc(C)c1F. The zero-order valence-corrected chi connectivity index (χ0v) is 5.56. The molecule has 0 N–H and O–H groups in total. The Bertz CT molecular complexity index is 286. The number of hydrogen-bond acceptors (Lipinski definition) is 1. The molecule has 0 aliphatic carbocycles. The molecule has 2 heteroatoms. The van der Waals surface area contributed by atoms with Crippen LogP contribution in [0.25, 0.3) is 0 Å². The molecule has 0 aromatic carbocycles. The average Bonchev–Trinajstić information content (AvgIpc) is 1.95. The second-order valence-corrected chi connectivity index (χ2v) is 1.90. The molecule has 10 heavy (non-hydrogen) atoms. The molecule has 0 amide bonds. The Morgan fingerprint density at radius 1 is 1.70 bits per heavy atom. The average molecular weight is 135 g/mol. The number of aromatic nitrogens is 1. The van der Waals surface area contributed by atoms with Crippen molar-refractivity contribution in [1.82, 2.24) is 4.98 Å². The minimum Gasteiger partial charge on any atom is -0.258 e. The van der Waals surface area contributed by atoms with Gasteiger partial charge in [0.1, 0.15) is 0 Å². The lowest BCUT2D eigenvalue weighted by molar-refractivity contribution is 0.606. The maximum Gasteiger partial charge on any atom is 0.159 e. The number of terminal acetylenes is 1. The van der Waals surface area contributed by atoms with Crippen LogP contribution in [-0.2, 0) is 0 Å². The molecule has 0 aliphatic rings. The van der Waals surface area contributed by atoms with E-state index in [0.717, 1.165) is 0 Å². The maximum absolute atomic E-state index is 12.8. The number of rotatable bonds is 0. The van der Waals surface area contributed by atoms with Crippen molar-refractivity contribution in [3.8, 4) is 12.3 Å². The van der Waals surface area contributed by atoms with E-state index < -0.39 is 5.82 Å². The van der Waals surface area contributed by atoms with Gasteiger partial charge in [-0.25, -0.2) is 4.39 Å². The summed E-state index contributed by atoms with van der Waals surface area (Å²) >= 11 is 0. The lowest BCUT2D eigenvalue weighted by Gasteiger charge is -1.95. The first-order valence-corrected chi connectivity index (χ1v) is 2.83. The Hall–Kier alpha value is -1.36. The molecule has 0 aliphatic heterocycles. The molecule has 0 saturated carbocycles. The third-order valence-electron chi connectivity index (χ3n) is 1.22. The zero-order valence-electron chi connectivity index (χ0n) is 5.56. The van der Waals surface area contributed by atoms with E-state index in [1.54, 1.807) is 6.92 Å². The second-order valence-electron chi connectivity index (χ2n) is 1.90. The molecule has 1 nitrogen and oxygen atoms in total. The number of halogens is 1. The quantitative estimate of drug-likeness (QED) is 0.491. The van der Waals surface area contributed by atoms with E-state index in [2.05, 4.69) is 10.9 Å². The smallest absolute Gasteiger partial charge is 0.159 e. The summed E-state index contributed by atoms with van der Waals surface area (Å²) < 4.78 is 12.8. The van der Waals surface area contributed by atoms with Crippen molar-refractivity contribution in [2.24, 2.45) is 0 Å². The predicted molar refractivity (Wildman–Crippen MR) is 36.9 cm³/mol. The van der Waals surface area contributed by atoms with E-state index in [0.29, 0.717) is 5.69 Å². The topological polar surface area (TPSA) is 12.9 Å². The van der Waals surface area contributed by atoms with Crippen molar-refractivity contribution >= 4 is 0 Å². The van der Waals surface area contributed by atoms with Gasteiger partial charge in [-0.15, -0.1) is 6.42 Å². The molecular weight excluding hydrogens is 129 g/mol. The van der Waals surface area contributed by atoms with Crippen LogP contribution < -0.4 is 0 Å². The van der Waals surface area contributed by atoms with Gasteiger partial charge >= 0.3 is 0 Å². The van der Waals surface area contributed by atoms with Crippen LogP contribution in [0.3, 0.4) is 0 Å². The highest BCUT2D eigenvalue weighted by molar-refractivity contribution is 5.33. The van der Waals surface area contributed by atoms with Crippen molar-refractivity contribution in [2.75, 3.05) is 0 Å². The summed E-state index contributed by atoms with van der Waals surface area (Å²) in [6.07, 6.45) is 6.50. The van der Waals surface area contributed by atoms with Crippen LogP contribution in [0.5, 0.6) is 0 Å². The van der Waals surface area contributed by atoms with E-state index in [9.17, 15) is 4.39 Å². The molecule has 1 heterocycles. The summed E-state index contributed by atoms with van der Waals surface area (Å²) in [5, 5.41) is 0. The van der Waals surface area contributed by atoms with Gasteiger partial charge in [-0.1, -0.05) is 5.92 Å². The van der Waals surface area contributed by atoms with Crippen LogP contribution in [0.4, 0.5) is 4.39 Å². The van der Waals surface area contributed by atoms with Crippen LogP contribution >= 0.6 is 0 Å². The number of pyridine rings is 1. The summed E-state index contributed by atoms with van der Waals surface area (Å²) in [6, 6.07) is 1.47. The van der Waals surface area contributed by atoms with Crippen molar-refractivity contribution in [3.63, 3.8) is 0 Å². The molecule has 0 fully saturated rings. The second kappa shape index (κ2) is 2.49. The Balaban J connectivity index is 3.31. The largest absolute Gasteiger partial charge is 0.258 e. The zero-order chi connectivity index (χ0) is 7.56. The number of hydrogen-bond donors (Lipinski definition) is 0. The first kappa shape index (κ1) is 6.76. The van der Waals surface area contributed by atoms with Gasteiger partial charge in [-0.2, -0.15) is 0 Å². The fourth-order valence-electron chi connectivity index (χ4n) is 0.660. The van der Waals surface area contributed by atoms with E-state index in [1.165, 1.54) is 12.3 Å². The van der Waals surface area contributed by atoms with Gasteiger partial charge in [0.25, 0.3) is 0 Å². The van der Waals surface area contributed by atoms with Crippen LogP contribution in [0.1, 0.15) is 11.3 Å². The molecule has 0 atom stereocenters. The molecule has 0 unspecified atom stereocenters. The summed E-state index contributed by atoms with van der Waals surface area (Å²) in [4.78, 5) is 3.72. The lowest BCUT2D eigenvalue weighted by Crippen LogP contribution is -1.90. The summed E-state index contributed by atoms with van der Waals surface area (Å²) in [5.74, 6) is 1.82. The van der Waals surface area contributed by atoms with E-state index in [-0.39, 0.29) is 5.56 Å². The van der Waals surface area contributed by atoms with Crippen molar-refractivity contribution < 1.29 is 4.39 Å². The third kappa shape index (κ3) is 0.985. The third-order valence-corrected chi connectivity index (χ3v) is 1.22. The molecule has 1 aromatic rings. The molecule has 1 rings (SSSR count). The summed E-state index contributed by atoms with van der Waals surface area (Å²) in [7, 11) is 0. The standard InChI is InChI=1S/C8H6FN/c1-3-7-4-5-10-6(2)8(7)9/h1,4-5H,2H3. The first-order chi connectivity index (χ1) is 4.75. The predicted octanol–water partition coefficient (Wildman–Crippen LogP) is 1.51. The molecule has 50 valence electrons. The van der Waals surface area contributed by atoms with E-state index in [1.807, 2.05) is 0 Å². The Labute approximate surface area is 58.9 Å².